The van der Waals surface area contributed by atoms with Crippen molar-refractivity contribution in [3.63, 3.8) is 0 Å². The Kier molecular flexibility index (Phi) is 7.47. The third-order valence-electron chi connectivity index (χ3n) is 4.30. The molecule has 1 amide bonds. The first-order valence-electron chi connectivity index (χ1n) is 9.25. The van der Waals surface area contributed by atoms with Crippen LogP contribution in [0.1, 0.15) is 21.5 Å². The fourth-order valence-electron chi connectivity index (χ4n) is 2.70. The van der Waals surface area contributed by atoms with Crippen molar-refractivity contribution in [3.05, 3.63) is 82.3 Å². The van der Waals surface area contributed by atoms with Gasteiger partial charge in [0.2, 0.25) is 0 Å². The summed E-state index contributed by atoms with van der Waals surface area (Å²) in [5.74, 6) is -4.98. The largest absolute Gasteiger partial charge is 0.370 e. The second-order valence-electron chi connectivity index (χ2n) is 6.84. The number of hydrogen-bond donors (Lipinski definition) is 1. The second kappa shape index (κ2) is 10.1. The van der Waals surface area contributed by atoms with Gasteiger partial charge in [0.1, 0.15) is 12.4 Å². The number of ether oxygens (including phenoxy) is 1. The highest BCUT2D eigenvalue weighted by Crippen LogP contribution is 2.23. The lowest BCUT2D eigenvalue weighted by molar-refractivity contribution is -0.168. The van der Waals surface area contributed by atoms with Crippen molar-refractivity contribution in [2.45, 2.75) is 25.5 Å². The molecule has 0 unspecified atom stereocenters. The number of nitrogens with zero attached hydrogens (tertiary/aromatic N) is 2. The summed E-state index contributed by atoms with van der Waals surface area (Å²) in [6.07, 6.45) is -2.22. The molecule has 0 saturated carbocycles. The number of hydrogen-bond acceptors (Lipinski definition) is 3. The van der Waals surface area contributed by atoms with Crippen molar-refractivity contribution < 1.29 is 31.5 Å². The first-order chi connectivity index (χ1) is 15.1. The molecule has 0 fully saturated rings. The Labute approximate surface area is 184 Å². The highest BCUT2D eigenvalue weighted by atomic mass is 35.5. The van der Waals surface area contributed by atoms with Gasteiger partial charge >= 0.3 is 12.3 Å². The summed E-state index contributed by atoms with van der Waals surface area (Å²) in [6, 6.07) is 11.4. The number of aromatic nitrogens is 2. The van der Waals surface area contributed by atoms with Gasteiger partial charge in [-0.25, -0.2) is 13.2 Å². The monoisotopic (exact) mass is 473 g/mol. The molecule has 32 heavy (non-hydrogen) atoms. The molecule has 0 spiro atoms. The number of amides is 1. The van der Waals surface area contributed by atoms with E-state index in [2.05, 4.69) is 15.2 Å². The van der Waals surface area contributed by atoms with E-state index in [1.54, 1.807) is 12.3 Å². The van der Waals surface area contributed by atoms with E-state index in [1.165, 1.54) is 47.1 Å². The smallest absolute Gasteiger partial charge is 0.330 e. The van der Waals surface area contributed by atoms with Crippen LogP contribution in [0.4, 0.5) is 27.8 Å². The number of benzene rings is 2. The first-order valence-corrected chi connectivity index (χ1v) is 9.63. The molecule has 5 nitrogen and oxygen atoms in total. The summed E-state index contributed by atoms with van der Waals surface area (Å²) in [4.78, 5) is 12.5. The van der Waals surface area contributed by atoms with Crippen LogP contribution < -0.4 is 5.32 Å². The summed E-state index contributed by atoms with van der Waals surface area (Å²) in [6.45, 7) is -1.54. The van der Waals surface area contributed by atoms with Crippen LogP contribution in [0.25, 0.3) is 0 Å². The molecule has 0 bridgehead atoms. The average Bonchev–Trinajstić information content (AvgIpc) is 3.17. The molecule has 11 heteroatoms. The van der Waals surface area contributed by atoms with Gasteiger partial charge in [-0.3, -0.25) is 9.48 Å². The van der Waals surface area contributed by atoms with Crippen molar-refractivity contribution in [1.29, 1.82) is 0 Å². The predicted octanol–water partition coefficient (Wildman–Crippen LogP) is 5.39. The molecule has 3 aromatic rings. The molecule has 0 aliphatic carbocycles. The highest BCUT2D eigenvalue weighted by Gasteiger charge is 2.40. The number of anilines is 1. The van der Waals surface area contributed by atoms with Crippen LogP contribution in [0.2, 0.25) is 5.02 Å². The van der Waals surface area contributed by atoms with Gasteiger partial charge < -0.3 is 10.1 Å². The number of rotatable bonds is 9. The van der Waals surface area contributed by atoms with E-state index in [9.17, 15) is 26.7 Å². The van der Waals surface area contributed by atoms with Crippen LogP contribution in [-0.2, 0) is 17.9 Å². The summed E-state index contributed by atoms with van der Waals surface area (Å²) >= 11 is 6.00. The minimum Gasteiger partial charge on any atom is -0.370 e. The third-order valence-corrected chi connectivity index (χ3v) is 4.65. The molecule has 3 rings (SSSR count). The molecular formula is C21H17ClF5N3O2. The minimum atomic E-state index is -4.24. The van der Waals surface area contributed by atoms with Crippen molar-refractivity contribution in [1.82, 2.24) is 9.78 Å². The van der Waals surface area contributed by atoms with Crippen LogP contribution in [0.5, 0.6) is 0 Å². The lowest BCUT2D eigenvalue weighted by Crippen LogP contribution is -2.32. The Morgan fingerprint density at radius 2 is 1.97 bits per heavy atom. The average molecular weight is 474 g/mol. The SMILES string of the molecule is O=C(Nc1ccn(Cc2ccc(F)cc2Cl)n1)c1cccc(COCC(F)(F)C(F)F)c1. The quantitative estimate of drug-likeness (QED) is 0.424. The summed E-state index contributed by atoms with van der Waals surface area (Å²) in [5.41, 5.74) is 1.20. The van der Waals surface area contributed by atoms with E-state index in [4.69, 9.17) is 11.6 Å². The van der Waals surface area contributed by atoms with E-state index in [-0.39, 0.29) is 29.6 Å². The molecule has 170 valence electrons. The molecular weight excluding hydrogens is 457 g/mol. The van der Waals surface area contributed by atoms with E-state index < -0.39 is 30.7 Å². The van der Waals surface area contributed by atoms with E-state index in [0.717, 1.165) is 0 Å². The lowest BCUT2D eigenvalue weighted by atomic mass is 10.1. The van der Waals surface area contributed by atoms with Gasteiger partial charge in [-0.05, 0) is 35.4 Å². The van der Waals surface area contributed by atoms with Gasteiger partial charge in [-0.1, -0.05) is 29.8 Å². The number of alkyl halides is 4. The zero-order valence-corrected chi connectivity index (χ0v) is 17.1. The van der Waals surface area contributed by atoms with Crippen LogP contribution in [0.3, 0.4) is 0 Å². The van der Waals surface area contributed by atoms with Crippen LogP contribution in [0.15, 0.2) is 54.7 Å². The second-order valence-corrected chi connectivity index (χ2v) is 7.25. The van der Waals surface area contributed by atoms with Crippen molar-refractivity contribution >= 4 is 23.3 Å². The van der Waals surface area contributed by atoms with Crippen molar-refractivity contribution in [2.24, 2.45) is 0 Å². The fraction of sp³-hybridized carbons (Fsp3) is 0.238. The Balaban J connectivity index is 1.58. The van der Waals surface area contributed by atoms with Crippen molar-refractivity contribution in [3.8, 4) is 0 Å². The molecule has 0 aliphatic heterocycles. The zero-order valence-electron chi connectivity index (χ0n) is 16.4. The van der Waals surface area contributed by atoms with Gasteiger partial charge in [-0.15, -0.1) is 0 Å². The Bertz CT molecular complexity index is 1090. The molecule has 1 N–H and O–H groups in total. The third kappa shape index (κ3) is 6.27. The fourth-order valence-corrected chi connectivity index (χ4v) is 2.93. The number of nitrogens with one attached hydrogen (secondary N) is 1. The topological polar surface area (TPSA) is 56.2 Å². The maximum atomic E-state index is 13.2. The van der Waals surface area contributed by atoms with Gasteiger partial charge in [0.05, 0.1) is 13.2 Å². The number of carbonyl (C=O) groups is 1. The standard InChI is InChI=1S/C21H17ClF5N3O2/c22-17-9-16(23)5-4-15(17)10-30-7-6-18(29-30)28-19(31)14-3-1-2-13(8-14)11-32-12-21(26,27)20(24)25/h1-9,20H,10-12H2,(H,28,29,31). The van der Waals surface area contributed by atoms with Gasteiger partial charge in [0.25, 0.3) is 5.91 Å². The van der Waals surface area contributed by atoms with Gasteiger partial charge in [0.15, 0.2) is 5.82 Å². The van der Waals surface area contributed by atoms with Crippen LogP contribution in [0, 0.1) is 5.82 Å². The Hall–Kier alpha value is -2.98. The van der Waals surface area contributed by atoms with Crippen LogP contribution >= 0.6 is 11.6 Å². The summed E-state index contributed by atoms with van der Waals surface area (Å²) < 4.78 is 69.5. The van der Waals surface area contributed by atoms with E-state index >= 15 is 0 Å². The summed E-state index contributed by atoms with van der Waals surface area (Å²) in [7, 11) is 0. The number of carbonyl (C=O) groups excluding carboxylic acids is 1. The molecule has 0 saturated heterocycles. The highest BCUT2D eigenvalue weighted by molar-refractivity contribution is 6.31. The zero-order chi connectivity index (χ0) is 23.3. The lowest BCUT2D eigenvalue weighted by Gasteiger charge is -2.15. The maximum absolute atomic E-state index is 13.2. The normalized spacial score (nSPS) is 11.7. The van der Waals surface area contributed by atoms with Gasteiger partial charge in [0, 0.05) is 22.8 Å². The molecule has 1 heterocycles. The first kappa shape index (κ1) is 23.7. The number of halogens is 6. The predicted molar refractivity (Wildman–Crippen MR) is 108 cm³/mol. The molecule has 1 aromatic heterocycles. The molecule has 0 aliphatic rings. The Morgan fingerprint density at radius 1 is 1.19 bits per heavy atom. The van der Waals surface area contributed by atoms with Gasteiger partial charge in [-0.2, -0.15) is 13.9 Å². The van der Waals surface area contributed by atoms with E-state index in [0.29, 0.717) is 11.1 Å². The maximum Gasteiger partial charge on any atom is 0.330 e. The molecule has 0 radical (unpaired) electrons. The van der Waals surface area contributed by atoms with Crippen LogP contribution in [-0.4, -0.2) is 34.6 Å². The molecule has 0 atom stereocenters. The Morgan fingerprint density at radius 3 is 2.69 bits per heavy atom. The summed E-state index contributed by atoms with van der Waals surface area (Å²) in [5, 5.41) is 7.04. The van der Waals surface area contributed by atoms with Crippen molar-refractivity contribution in [2.75, 3.05) is 11.9 Å². The van der Waals surface area contributed by atoms with E-state index in [1.807, 2.05) is 0 Å². The molecule has 2 aromatic carbocycles. The minimum absolute atomic E-state index is 0.197.